The monoisotopic (exact) mass is 365 g/mol. The van der Waals surface area contributed by atoms with Crippen LogP contribution in [0.2, 0.25) is 0 Å². The first-order valence-electron chi connectivity index (χ1n) is 8.79. The molecule has 27 heavy (non-hydrogen) atoms. The molecule has 8 nitrogen and oxygen atoms in total. The smallest absolute Gasteiger partial charge is 0.293 e. The molecule has 2 aromatic carbocycles. The largest absolute Gasteiger partial charge is 0.378 e. The van der Waals surface area contributed by atoms with Gasteiger partial charge in [-0.05, 0) is 31.0 Å². The lowest BCUT2D eigenvalue weighted by molar-refractivity contribution is -0.383. The van der Waals surface area contributed by atoms with Crippen molar-refractivity contribution in [2.24, 2.45) is 0 Å². The number of aromatic nitrogens is 2. The topological polar surface area (TPSA) is 104 Å². The SMILES string of the molecule is CC1Cc2ccccc2N1CCNc1cc2nc[nH]c(=O)c2cc1[N+](=O)[O-]. The van der Waals surface area contributed by atoms with Gasteiger partial charge in [0, 0.05) is 30.9 Å². The minimum absolute atomic E-state index is 0.129. The highest BCUT2D eigenvalue weighted by atomic mass is 16.6. The Morgan fingerprint density at radius 2 is 2.19 bits per heavy atom. The molecule has 3 aromatic rings. The van der Waals surface area contributed by atoms with Gasteiger partial charge in [0.15, 0.2) is 0 Å². The second kappa shape index (κ2) is 6.71. The zero-order valence-corrected chi connectivity index (χ0v) is 14.8. The number of nitro groups is 1. The number of nitro benzene ring substituents is 1. The van der Waals surface area contributed by atoms with Crippen molar-refractivity contribution in [3.63, 3.8) is 0 Å². The van der Waals surface area contributed by atoms with Gasteiger partial charge in [-0.25, -0.2) is 4.98 Å². The average molecular weight is 365 g/mol. The Morgan fingerprint density at radius 1 is 1.37 bits per heavy atom. The maximum Gasteiger partial charge on any atom is 0.293 e. The number of nitrogens with zero attached hydrogens (tertiary/aromatic N) is 3. The first-order valence-corrected chi connectivity index (χ1v) is 8.79. The maximum atomic E-state index is 11.9. The summed E-state index contributed by atoms with van der Waals surface area (Å²) in [6.07, 6.45) is 2.29. The van der Waals surface area contributed by atoms with Gasteiger partial charge in [0.25, 0.3) is 11.2 Å². The summed E-state index contributed by atoms with van der Waals surface area (Å²) < 4.78 is 0. The zero-order valence-electron chi connectivity index (χ0n) is 14.8. The molecular weight excluding hydrogens is 346 g/mol. The van der Waals surface area contributed by atoms with E-state index >= 15 is 0 Å². The lowest BCUT2D eigenvalue weighted by Gasteiger charge is -2.25. The van der Waals surface area contributed by atoms with Crippen LogP contribution >= 0.6 is 0 Å². The number of nitrogens with one attached hydrogen (secondary N) is 2. The van der Waals surface area contributed by atoms with Crippen molar-refractivity contribution in [3.05, 3.63) is 68.8 Å². The third kappa shape index (κ3) is 3.10. The number of anilines is 2. The normalized spacial score (nSPS) is 15.7. The molecule has 138 valence electrons. The number of hydrogen-bond acceptors (Lipinski definition) is 6. The summed E-state index contributed by atoms with van der Waals surface area (Å²) in [7, 11) is 0. The van der Waals surface area contributed by atoms with Gasteiger partial charge >= 0.3 is 0 Å². The van der Waals surface area contributed by atoms with Crippen LogP contribution in [-0.2, 0) is 6.42 Å². The van der Waals surface area contributed by atoms with E-state index in [4.69, 9.17) is 0 Å². The van der Waals surface area contributed by atoms with Crippen LogP contribution in [0.5, 0.6) is 0 Å². The molecule has 8 heteroatoms. The van der Waals surface area contributed by atoms with E-state index < -0.39 is 10.5 Å². The van der Waals surface area contributed by atoms with Gasteiger partial charge < -0.3 is 15.2 Å². The van der Waals surface area contributed by atoms with Gasteiger partial charge in [-0.1, -0.05) is 18.2 Å². The number of fused-ring (bicyclic) bond motifs is 2. The predicted octanol–water partition coefficient (Wildman–Crippen LogP) is 2.69. The van der Waals surface area contributed by atoms with Crippen LogP contribution in [0.1, 0.15) is 12.5 Å². The van der Waals surface area contributed by atoms with Gasteiger partial charge in [0.05, 0.1) is 22.2 Å². The first kappa shape index (κ1) is 17.0. The van der Waals surface area contributed by atoms with Crippen LogP contribution < -0.4 is 15.8 Å². The molecule has 0 saturated carbocycles. The van der Waals surface area contributed by atoms with E-state index in [1.165, 1.54) is 23.6 Å². The van der Waals surface area contributed by atoms with Crippen LogP contribution in [-0.4, -0.2) is 34.0 Å². The van der Waals surface area contributed by atoms with Crippen LogP contribution in [0.4, 0.5) is 17.1 Å². The number of aromatic amines is 1. The average Bonchev–Trinajstić information content (AvgIpc) is 2.97. The second-order valence-electron chi connectivity index (χ2n) is 6.68. The van der Waals surface area contributed by atoms with Gasteiger partial charge in [-0.2, -0.15) is 0 Å². The Kier molecular flexibility index (Phi) is 4.23. The molecule has 0 bridgehead atoms. The van der Waals surface area contributed by atoms with Crippen molar-refractivity contribution in [2.45, 2.75) is 19.4 Å². The Morgan fingerprint density at radius 3 is 3.00 bits per heavy atom. The van der Waals surface area contributed by atoms with Crippen molar-refractivity contribution >= 4 is 28.0 Å². The van der Waals surface area contributed by atoms with E-state index in [2.05, 4.69) is 39.2 Å². The van der Waals surface area contributed by atoms with E-state index in [0.29, 0.717) is 23.8 Å². The Labute approximate surface area is 155 Å². The molecule has 1 aliphatic heterocycles. The standard InChI is InChI=1S/C19H19N5O3/c1-12-8-13-4-2-3-5-17(13)23(12)7-6-20-16-10-15-14(9-18(16)24(26)27)19(25)22-11-21-15/h2-5,9-12,20H,6-8H2,1H3,(H,21,22,25). The molecule has 1 unspecified atom stereocenters. The highest BCUT2D eigenvalue weighted by Gasteiger charge is 2.25. The highest BCUT2D eigenvalue weighted by Crippen LogP contribution is 2.32. The van der Waals surface area contributed by atoms with Crippen LogP contribution in [0.3, 0.4) is 0 Å². The van der Waals surface area contributed by atoms with Gasteiger partial charge in [-0.3, -0.25) is 14.9 Å². The van der Waals surface area contributed by atoms with Crippen LogP contribution in [0, 0.1) is 10.1 Å². The summed E-state index contributed by atoms with van der Waals surface area (Å²) in [5.41, 5.74) is 2.81. The Hall–Kier alpha value is -3.42. The minimum Gasteiger partial charge on any atom is -0.378 e. The predicted molar refractivity (Wildman–Crippen MR) is 104 cm³/mol. The summed E-state index contributed by atoms with van der Waals surface area (Å²) in [5, 5.41) is 14.8. The number of benzene rings is 2. The lowest BCUT2D eigenvalue weighted by Crippen LogP contribution is -2.33. The molecule has 0 amide bonds. The molecule has 0 saturated heterocycles. The maximum absolute atomic E-state index is 11.9. The van der Waals surface area contributed by atoms with Crippen molar-refractivity contribution in [1.82, 2.24) is 9.97 Å². The molecule has 0 spiro atoms. The third-order valence-electron chi connectivity index (χ3n) is 4.97. The Bertz CT molecular complexity index is 1080. The van der Waals surface area contributed by atoms with Crippen molar-refractivity contribution < 1.29 is 4.92 Å². The molecule has 0 aliphatic carbocycles. The van der Waals surface area contributed by atoms with E-state index in [-0.39, 0.29) is 11.1 Å². The van der Waals surface area contributed by atoms with Crippen molar-refractivity contribution in [3.8, 4) is 0 Å². The fraction of sp³-hybridized carbons (Fsp3) is 0.263. The first-order chi connectivity index (χ1) is 13.0. The summed E-state index contributed by atoms with van der Waals surface area (Å²) in [6.45, 7) is 3.43. The Balaban J connectivity index is 1.56. The number of rotatable bonds is 5. The fourth-order valence-electron chi connectivity index (χ4n) is 3.68. The molecule has 0 fully saturated rings. The van der Waals surface area contributed by atoms with Gasteiger partial charge in [-0.15, -0.1) is 0 Å². The molecule has 1 aliphatic rings. The summed E-state index contributed by atoms with van der Waals surface area (Å²) >= 11 is 0. The molecule has 0 radical (unpaired) electrons. The number of H-pyrrole nitrogens is 1. The second-order valence-corrected chi connectivity index (χ2v) is 6.68. The van der Waals surface area contributed by atoms with Crippen molar-refractivity contribution in [2.75, 3.05) is 23.3 Å². The summed E-state index contributed by atoms with van der Waals surface area (Å²) in [6, 6.07) is 11.5. The van der Waals surface area contributed by atoms with Crippen LogP contribution in [0.25, 0.3) is 10.9 Å². The van der Waals surface area contributed by atoms with Crippen LogP contribution in [0.15, 0.2) is 47.5 Å². The minimum atomic E-state index is -0.484. The van der Waals surface area contributed by atoms with Gasteiger partial charge in [0.1, 0.15) is 5.69 Å². The molecule has 4 rings (SSSR count). The molecule has 1 atom stereocenters. The fourth-order valence-corrected chi connectivity index (χ4v) is 3.68. The highest BCUT2D eigenvalue weighted by molar-refractivity contribution is 5.86. The quantitative estimate of drug-likeness (QED) is 0.532. The lowest BCUT2D eigenvalue weighted by atomic mass is 10.1. The third-order valence-corrected chi connectivity index (χ3v) is 4.97. The molecule has 2 heterocycles. The van der Waals surface area contributed by atoms with Crippen molar-refractivity contribution in [1.29, 1.82) is 0 Å². The van der Waals surface area contributed by atoms with Gasteiger partial charge in [0.2, 0.25) is 0 Å². The van der Waals surface area contributed by atoms with E-state index in [1.54, 1.807) is 6.07 Å². The van der Waals surface area contributed by atoms with E-state index in [1.807, 2.05) is 12.1 Å². The molecular formula is C19H19N5O3. The summed E-state index contributed by atoms with van der Waals surface area (Å²) in [5.74, 6) is 0. The summed E-state index contributed by atoms with van der Waals surface area (Å²) in [4.78, 5) is 31.7. The van der Waals surface area contributed by atoms with E-state index in [9.17, 15) is 14.9 Å². The molecule has 2 N–H and O–H groups in total. The molecule has 1 aromatic heterocycles. The zero-order chi connectivity index (χ0) is 19.0. The number of para-hydroxylation sites is 1. The number of hydrogen-bond donors (Lipinski definition) is 2. The van der Waals surface area contributed by atoms with E-state index in [0.717, 1.165) is 13.0 Å².